The molecule has 0 radical (unpaired) electrons. The van der Waals surface area contributed by atoms with E-state index in [1.54, 1.807) is 12.4 Å². The lowest BCUT2D eigenvalue weighted by Crippen LogP contribution is -2.32. The van der Waals surface area contributed by atoms with E-state index in [0.29, 0.717) is 5.56 Å². The summed E-state index contributed by atoms with van der Waals surface area (Å²) < 4.78 is 0. The Morgan fingerprint density at radius 1 is 1.35 bits per heavy atom. The van der Waals surface area contributed by atoms with Crippen LogP contribution in [0.25, 0.3) is 0 Å². The monoisotopic (exact) mass is 233 g/mol. The van der Waals surface area contributed by atoms with E-state index in [1.165, 1.54) is 19.2 Å². The fraction of sp³-hybridized carbons (Fsp3) is 0.615. The molecule has 0 spiro atoms. The highest BCUT2D eigenvalue weighted by molar-refractivity contribution is 5.93. The van der Waals surface area contributed by atoms with Crippen LogP contribution < -0.4 is 0 Å². The lowest BCUT2D eigenvalue weighted by Gasteiger charge is -2.20. The normalized spacial score (nSPS) is 21.0. The maximum atomic E-state index is 12.2. The summed E-state index contributed by atoms with van der Waals surface area (Å²) in [7, 11) is 0. The van der Waals surface area contributed by atoms with Gasteiger partial charge in [0.15, 0.2) is 0 Å². The summed E-state index contributed by atoms with van der Waals surface area (Å²) in [5, 5.41) is 0. The standard InChI is InChI=1S/C13H19N3O/c1-2-11-4-3-6-16(7-5-11)13(17)12-8-14-10-15-9-12/h8-11H,2-7H2,1H3/t11-/m1/s1. The number of nitrogens with zero attached hydrogens (tertiary/aromatic N) is 3. The van der Waals surface area contributed by atoms with E-state index >= 15 is 0 Å². The summed E-state index contributed by atoms with van der Waals surface area (Å²) in [5.74, 6) is 0.849. The zero-order valence-electron chi connectivity index (χ0n) is 10.3. The SMILES string of the molecule is CC[C@@H]1CCCN(C(=O)c2cncnc2)CC1. The van der Waals surface area contributed by atoms with Crippen molar-refractivity contribution in [2.45, 2.75) is 32.6 Å². The van der Waals surface area contributed by atoms with Crippen molar-refractivity contribution in [3.05, 3.63) is 24.3 Å². The molecule has 0 bridgehead atoms. The zero-order chi connectivity index (χ0) is 12.1. The van der Waals surface area contributed by atoms with Crippen molar-refractivity contribution >= 4 is 5.91 Å². The molecule has 2 rings (SSSR count). The third-order valence-corrected chi connectivity index (χ3v) is 3.52. The minimum absolute atomic E-state index is 0.0716. The van der Waals surface area contributed by atoms with E-state index in [9.17, 15) is 4.79 Å². The Kier molecular flexibility index (Phi) is 4.07. The molecule has 1 atom stereocenters. The molecule has 1 aromatic heterocycles. The topological polar surface area (TPSA) is 46.1 Å². The number of aromatic nitrogens is 2. The van der Waals surface area contributed by atoms with Crippen molar-refractivity contribution in [3.8, 4) is 0 Å². The van der Waals surface area contributed by atoms with Crippen molar-refractivity contribution in [1.82, 2.24) is 14.9 Å². The van der Waals surface area contributed by atoms with Crippen LogP contribution in [0.3, 0.4) is 0 Å². The molecule has 0 aliphatic carbocycles. The van der Waals surface area contributed by atoms with Crippen molar-refractivity contribution < 1.29 is 4.79 Å². The fourth-order valence-electron chi connectivity index (χ4n) is 2.37. The Bertz CT molecular complexity index is 366. The molecule has 0 unspecified atom stereocenters. The molecule has 4 heteroatoms. The Morgan fingerprint density at radius 2 is 2.12 bits per heavy atom. The van der Waals surface area contributed by atoms with Crippen molar-refractivity contribution in [2.75, 3.05) is 13.1 Å². The van der Waals surface area contributed by atoms with Gasteiger partial charge in [0.1, 0.15) is 6.33 Å². The van der Waals surface area contributed by atoms with Gasteiger partial charge in [-0.15, -0.1) is 0 Å². The predicted octanol–water partition coefficient (Wildman–Crippen LogP) is 2.13. The largest absolute Gasteiger partial charge is 0.339 e. The Hall–Kier alpha value is -1.45. The van der Waals surface area contributed by atoms with Crippen LogP contribution in [0.15, 0.2) is 18.7 Å². The molecule has 17 heavy (non-hydrogen) atoms. The van der Waals surface area contributed by atoms with Crippen LogP contribution in [0.5, 0.6) is 0 Å². The molecule has 1 fully saturated rings. The number of hydrogen-bond donors (Lipinski definition) is 0. The summed E-state index contributed by atoms with van der Waals surface area (Å²) in [6.07, 6.45) is 9.33. The van der Waals surface area contributed by atoms with Crippen molar-refractivity contribution in [3.63, 3.8) is 0 Å². The Labute approximate surface area is 102 Å². The van der Waals surface area contributed by atoms with Crippen LogP contribution in [-0.4, -0.2) is 33.9 Å². The molecule has 1 amide bonds. The molecular formula is C13H19N3O. The lowest BCUT2D eigenvalue weighted by atomic mass is 9.98. The van der Waals surface area contributed by atoms with Crippen molar-refractivity contribution in [1.29, 1.82) is 0 Å². The van der Waals surface area contributed by atoms with Crippen LogP contribution in [0, 0.1) is 5.92 Å². The number of carbonyl (C=O) groups excluding carboxylic acids is 1. The number of amides is 1. The molecule has 1 aliphatic rings. The average molecular weight is 233 g/mol. The average Bonchev–Trinajstić information content (AvgIpc) is 2.64. The van der Waals surface area contributed by atoms with E-state index in [4.69, 9.17) is 0 Å². The molecule has 1 aliphatic heterocycles. The van der Waals surface area contributed by atoms with Gasteiger partial charge in [0, 0.05) is 25.5 Å². The Morgan fingerprint density at radius 3 is 2.82 bits per heavy atom. The minimum atomic E-state index is 0.0716. The molecular weight excluding hydrogens is 214 g/mol. The predicted molar refractivity (Wildman–Crippen MR) is 65.6 cm³/mol. The van der Waals surface area contributed by atoms with Gasteiger partial charge in [-0.3, -0.25) is 4.79 Å². The third kappa shape index (κ3) is 3.02. The second-order valence-corrected chi connectivity index (χ2v) is 4.62. The van der Waals surface area contributed by atoms with E-state index in [1.807, 2.05) is 4.90 Å². The zero-order valence-corrected chi connectivity index (χ0v) is 10.3. The van der Waals surface area contributed by atoms with Crippen LogP contribution >= 0.6 is 0 Å². The number of likely N-dealkylation sites (tertiary alicyclic amines) is 1. The lowest BCUT2D eigenvalue weighted by molar-refractivity contribution is 0.0759. The summed E-state index contributed by atoms with van der Waals surface area (Å²) in [5.41, 5.74) is 0.599. The molecule has 1 aromatic rings. The van der Waals surface area contributed by atoms with Gasteiger partial charge < -0.3 is 4.90 Å². The molecule has 1 saturated heterocycles. The summed E-state index contributed by atoms with van der Waals surface area (Å²) >= 11 is 0. The van der Waals surface area contributed by atoms with E-state index in [-0.39, 0.29) is 5.91 Å². The van der Waals surface area contributed by atoms with Crippen LogP contribution in [0.4, 0.5) is 0 Å². The maximum Gasteiger partial charge on any atom is 0.256 e. The number of hydrogen-bond acceptors (Lipinski definition) is 3. The molecule has 92 valence electrons. The first-order chi connectivity index (χ1) is 8.31. The van der Waals surface area contributed by atoms with E-state index in [2.05, 4.69) is 16.9 Å². The van der Waals surface area contributed by atoms with Crippen molar-refractivity contribution in [2.24, 2.45) is 5.92 Å². The minimum Gasteiger partial charge on any atom is -0.339 e. The first kappa shape index (κ1) is 12.0. The quantitative estimate of drug-likeness (QED) is 0.786. The van der Waals surface area contributed by atoms with Crippen LogP contribution in [0.2, 0.25) is 0 Å². The van der Waals surface area contributed by atoms with E-state index in [0.717, 1.165) is 31.8 Å². The van der Waals surface area contributed by atoms with Gasteiger partial charge in [0.25, 0.3) is 5.91 Å². The second-order valence-electron chi connectivity index (χ2n) is 4.62. The maximum absolute atomic E-state index is 12.2. The van der Waals surface area contributed by atoms with E-state index < -0.39 is 0 Å². The summed E-state index contributed by atoms with van der Waals surface area (Å²) in [6.45, 7) is 3.96. The summed E-state index contributed by atoms with van der Waals surface area (Å²) in [4.78, 5) is 21.9. The molecule has 4 nitrogen and oxygen atoms in total. The third-order valence-electron chi connectivity index (χ3n) is 3.52. The smallest absolute Gasteiger partial charge is 0.256 e. The van der Waals surface area contributed by atoms with Crippen LogP contribution in [0.1, 0.15) is 43.0 Å². The first-order valence-corrected chi connectivity index (χ1v) is 6.35. The van der Waals surface area contributed by atoms with Gasteiger partial charge in [0.2, 0.25) is 0 Å². The van der Waals surface area contributed by atoms with Gasteiger partial charge in [-0.05, 0) is 25.2 Å². The highest BCUT2D eigenvalue weighted by Crippen LogP contribution is 2.21. The molecule has 0 saturated carbocycles. The summed E-state index contributed by atoms with van der Waals surface area (Å²) in [6, 6.07) is 0. The molecule has 0 N–H and O–H groups in total. The molecule has 0 aromatic carbocycles. The fourth-order valence-corrected chi connectivity index (χ4v) is 2.37. The van der Waals surface area contributed by atoms with Gasteiger partial charge >= 0.3 is 0 Å². The number of rotatable bonds is 2. The van der Waals surface area contributed by atoms with Gasteiger partial charge in [-0.25, -0.2) is 9.97 Å². The Balaban J connectivity index is 2.01. The van der Waals surface area contributed by atoms with Gasteiger partial charge in [0.05, 0.1) is 5.56 Å². The van der Waals surface area contributed by atoms with Gasteiger partial charge in [-0.1, -0.05) is 13.3 Å². The second kappa shape index (κ2) is 5.75. The highest BCUT2D eigenvalue weighted by Gasteiger charge is 2.20. The molecule has 2 heterocycles. The first-order valence-electron chi connectivity index (χ1n) is 6.35. The number of carbonyl (C=O) groups is 1. The van der Waals surface area contributed by atoms with Crippen LogP contribution in [-0.2, 0) is 0 Å². The van der Waals surface area contributed by atoms with Gasteiger partial charge in [-0.2, -0.15) is 0 Å². The highest BCUT2D eigenvalue weighted by atomic mass is 16.2.